The summed E-state index contributed by atoms with van der Waals surface area (Å²) >= 11 is 0. The zero-order chi connectivity index (χ0) is 10.3. The Morgan fingerprint density at radius 2 is 1.71 bits per heavy atom. The molecule has 1 atom stereocenters. The molecule has 0 amide bonds. The minimum absolute atomic E-state index is 0.0305. The topological polar surface area (TPSA) is 51.2 Å². The molecule has 0 radical (unpaired) electrons. The molecule has 0 aromatic rings. The van der Waals surface area contributed by atoms with Gasteiger partial charge in [0.1, 0.15) is 11.6 Å². The summed E-state index contributed by atoms with van der Waals surface area (Å²) in [6.45, 7) is 0. The van der Waals surface area contributed by atoms with Crippen molar-refractivity contribution in [1.82, 2.24) is 0 Å². The standard InChI is InChI=1S/C10H14O3S/c1-14(13)10(2-3-10)7-4-8(11)6-9(12)5-7/h7H,2-6H2,1H3. The maximum absolute atomic E-state index is 11.5. The molecule has 4 heteroatoms. The van der Waals surface area contributed by atoms with Crippen LogP contribution in [0.2, 0.25) is 0 Å². The molecule has 0 spiro atoms. The van der Waals surface area contributed by atoms with Crippen molar-refractivity contribution in [3.63, 3.8) is 0 Å². The molecule has 2 aliphatic carbocycles. The van der Waals surface area contributed by atoms with E-state index in [1.54, 1.807) is 6.26 Å². The summed E-state index contributed by atoms with van der Waals surface area (Å²) in [5.74, 6) is 0.119. The van der Waals surface area contributed by atoms with Crippen LogP contribution in [0.1, 0.15) is 32.1 Å². The number of Topliss-reactive ketones (excluding diaryl/α,β-unsaturated/α-hetero) is 2. The average molecular weight is 214 g/mol. The van der Waals surface area contributed by atoms with E-state index < -0.39 is 10.8 Å². The first kappa shape index (κ1) is 10.0. The second-order valence-electron chi connectivity index (χ2n) is 4.38. The van der Waals surface area contributed by atoms with E-state index in [0.29, 0.717) is 12.8 Å². The van der Waals surface area contributed by atoms with Gasteiger partial charge in [0.05, 0.1) is 6.42 Å². The molecule has 0 aromatic carbocycles. The van der Waals surface area contributed by atoms with Crippen molar-refractivity contribution in [2.45, 2.75) is 36.9 Å². The van der Waals surface area contributed by atoms with Crippen LogP contribution in [-0.2, 0) is 20.4 Å². The van der Waals surface area contributed by atoms with Crippen molar-refractivity contribution in [2.75, 3.05) is 6.26 Å². The normalized spacial score (nSPS) is 28.9. The Morgan fingerprint density at radius 3 is 2.07 bits per heavy atom. The molecular weight excluding hydrogens is 200 g/mol. The van der Waals surface area contributed by atoms with Crippen LogP contribution in [0.15, 0.2) is 0 Å². The van der Waals surface area contributed by atoms with Crippen LogP contribution in [0.5, 0.6) is 0 Å². The first-order valence-corrected chi connectivity index (χ1v) is 6.47. The second-order valence-corrected chi connectivity index (χ2v) is 6.10. The van der Waals surface area contributed by atoms with Crippen LogP contribution in [0.4, 0.5) is 0 Å². The third-order valence-corrected chi connectivity index (χ3v) is 5.29. The van der Waals surface area contributed by atoms with E-state index >= 15 is 0 Å². The molecule has 0 aliphatic heterocycles. The van der Waals surface area contributed by atoms with Crippen LogP contribution in [0, 0.1) is 5.92 Å². The summed E-state index contributed by atoms with van der Waals surface area (Å²) in [5, 5.41) is 0. The fraction of sp³-hybridized carbons (Fsp3) is 0.800. The number of carbonyl (C=O) groups is 2. The van der Waals surface area contributed by atoms with Gasteiger partial charge in [0.15, 0.2) is 0 Å². The van der Waals surface area contributed by atoms with Crippen molar-refractivity contribution in [1.29, 1.82) is 0 Å². The minimum Gasteiger partial charge on any atom is -0.299 e. The van der Waals surface area contributed by atoms with Crippen LogP contribution in [0.25, 0.3) is 0 Å². The van der Waals surface area contributed by atoms with Crippen molar-refractivity contribution >= 4 is 22.4 Å². The van der Waals surface area contributed by atoms with Crippen molar-refractivity contribution in [3.8, 4) is 0 Å². The highest BCUT2D eigenvalue weighted by Gasteiger charge is 2.54. The molecule has 0 heterocycles. The van der Waals surface area contributed by atoms with E-state index in [-0.39, 0.29) is 28.7 Å². The summed E-state index contributed by atoms with van der Waals surface area (Å²) < 4.78 is 11.3. The predicted octanol–water partition coefficient (Wildman–Crippen LogP) is 0.836. The first-order chi connectivity index (χ1) is 6.54. The van der Waals surface area contributed by atoms with Gasteiger partial charge in [0, 0.05) is 34.6 Å². The maximum atomic E-state index is 11.5. The highest BCUT2D eigenvalue weighted by Crippen LogP contribution is 2.51. The lowest BCUT2D eigenvalue weighted by molar-refractivity contribution is -0.131. The van der Waals surface area contributed by atoms with Crippen LogP contribution in [0.3, 0.4) is 0 Å². The van der Waals surface area contributed by atoms with Crippen LogP contribution >= 0.6 is 0 Å². The smallest absolute Gasteiger partial charge is 0.140 e. The van der Waals surface area contributed by atoms with Crippen molar-refractivity contribution < 1.29 is 13.8 Å². The molecule has 14 heavy (non-hydrogen) atoms. The molecule has 2 fully saturated rings. The molecule has 0 aromatic heterocycles. The zero-order valence-electron chi connectivity index (χ0n) is 8.25. The Kier molecular flexibility index (Phi) is 2.33. The summed E-state index contributed by atoms with van der Waals surface area (Å²) in [6, 6.07) is 0. The van der Waals surface area contributed by atoms with E-state index in [0.717, 1.165) is 12.8 Å². The SMILES string of the molecule is CS(=O)C1(C2CC(=O)CC(=O)C2)CC1. The molecule has 0 bridgehead atoms. The number of carbonyl (C=O) groups excluding carboxylic acids is 2. The molecule has 0 saturated heterocycles. The quantitative estimate of drug-likeness (QED) is 0.640. The maximum Gasteiger partial charge on any atom is 0.140 e. The Labute approximate surface area is 85.7 Å². The van der Waals surface area contributed by atoms with Gasteiger partial charge in [-0.15, -0.1) is 0 Å². The van der Waals surface area contributed by atoms with E-state index in [1.165, 1.54) is 0 Å². The Bertz CT molecular complexity index is 301. The Hall–Kier alpha value is -0.510. The van der Waals surface area contributed by atoms with Crippen LogP contribution < -0.4 is 0 Å². The summed E-state index contributed by atoms with van der Waals surface area (Å²) in [4.78, 5) is 22.5. The fourth-order valence-electron chi connectivity index (χ4n) is 2.41. The molecule has 78 valence electrons. The number of rotatable bonds is 2. The number of hydrogen-bond acceptors (Lipinski definition) is 3. The first-order valence-electron chi connectivity index (χ1n) is 4.91. The lowest BCUT2D eigenvalue weighted by atomic mass is 9.84. The van der Waals surface area contributed by atoms with Crippen LogP contribution in [-0.4, -0.2) is 26.8 Å². The Balaban J connectivity index is 2.15. The highest BCUT2D eigenvalue weighted by molar-refractivity contribution is 7.86. The van der Waals surface area contributed by atoms with Gasteiger partial charge in [-0.2, -0.15) is 0 Å². The average Bonchev–Trinajstić information content (AvgIpc) is 2.81. The van der Waals surface area contributed by atoms with Gasteiger partial charge < -0.3 is 0 Å². The van der Waals surface area contributed by atoms with Gasteiger partial charge in [0.2, 0.25) is 0 Å². The molecule has 3 nitrogen and oxygen atoms in total. The highest BCUT2D eigenvalue weighted by atomic mass is 32.2. The zero-order valence-corrected chi connectivity index (χ0v) is 9.06. The van der Waals surface area contributed by atoms with Gasteiger partial charge in [-0.1, -0.05) is 0 Å². The van der Waals surface area contributed by atoms with E-state index in [9.17, 15) is 13.8 Å². The van der Waals surface area contributed by atoms with E-state index in [4.69, 9.17) is 0 Å². The van der Waals surface area contributed by atoms with Gasteiger partial charge in [0.25, 0.3) is 0 Å². The van der Waals surface area contributed by atoms with Gasteiger partial charge in [-0.05, 0) is 18.8 Å². The van der Waals surface area contributed by atoms with E-state index in [1.807, 2.05) is 0 Å². The number of hydrogen-bond donors (Lipinski definition) is 0. The van der Waals surface area contributed by atoms with Gasteiger partial charge in [-0.3, -0.25) is 13.8 Å². The largest absolute Gasteiger partial charge is 0.299 e. The molecule has 2 saturated carbocycles. The molecule has 2 aliphatic rings. The van der Waals surface area contributed by atoms with Gasteiger partial charge >= 0.3 is 0 Å². The van der Waals surface area contributed by atoms with Crippen molar-refractivity contribution in [3.05, 3.63) is 0 Å². The number of ketones is 2. The third-order valence-electron chi connectivity index (χ3n) is 3.40. The summed E-state index contributed by atoms with van der Waals surface area (Å²) in [5.41, 5.74) is 0. The lowest BCUT2D eigenvalue weighted by Gasteiger charge is -2.27. The minimum atomic E-state index is -0.897. The monoisotopic (exact) mass is 214 g/mol. The molecule has 1 unspecified atom stereocenters. The van der Waals surface area contributed by atoms with Gasteiger partial charge in [-0.25, -0.2) is 0 Å². The van der Waals surface area contributed by atoms with Crippen molar-refractivity contribution in [2.24, 2.45) is 5.92 Å². The predicted molar refractivity (Wildman–Crippen MR) is 53.4 cm³/mol. The molecular formula is C10H14O3S. The second kappa shape index (κ2) is 3.26. The molecule has 2 rings (SSSR count). The summed E-state index contributed by atoms with van der Waals surface area (Å²) in [7, 11) is -0.897. The Morgan fingerprint density at radius 1 is 1.21 bits per heavy atom. The summed E-state index contributed by atoms with van der Waals surface area (Å²) in [6.07, 6.45) is 4.55. The van der Waals surface area contributed by atoms with E-state index in [2.05, 4.69) is 0 Å². The third kappa shape index (κ3) is 1.56. The fourth-order valence-corrected chi connectivity index (χ4v) is 3.72. The molecule has 0 N–H and O–H groups in total. The lowest BCUT2D eigenvalue weighted by Crippen LogP contribution is -2.35.